The molecule has 0 aromatic carbocycles. The van der Waals surface area contributed by atoms with Gasteiger partial charge in [-0.3, -0.25) is 0 Å². The fraction of sp³-hybridized carbons (Fsp3) is 0.857. The van der Waals surface area contributed by atoms with Crippen LogP contribution >= 0.6 is 0 Å². The zero-order chi connectivity index (χ0) is 8.65. The Morgan fingerprint density at radius 3 is 2.64 bits per heavy atom. The molecule has 1 N–H and O–H groups in total. The van der Waals surface area contributed by atoms with Crippen LogP contribution in [0.5, 0.6) is 0 Å². The molecule has 4 nitrogen and oxygen atoms in total. The quantitative estimate of drug-likeness (QED) is 0.419. The Morgan fingerprint density at radius 2 is 2.18 bits per heavy atom. The first-order valence-corrected chi connectivity index (χ1v) is 3.67. The van der Waals surface area contributed by atoms with E-state index in [1.54, 1.807) is 6.92 Å². The third-order valence-electron chi connectivity index (χ3n) is 2.08. The standard InChI is InChI=1S/C7H14N2O2/c1-6-4-7(2,3)9(11)5-8(6)10/h11H,4-5H2,1-3H3. The molecule has 1 heterocycles. The topological polar surface area (TPSA) is 49.5 Å². The molecule has 4 heteroatoms. The van der Waals surface area contributed by atoms with Crippen molar-refractivity contribution < 1.29 is 9.95 Å². The van der Waals surface area contributed by atoms with Crippen LogP contribution in [-0.2, 0) is 0 Å². The van der Waals surface area contributed by atoms with Crippen molar-refractivity contribution in [3.63, 3.8) is 0 Å². The van der Waals surface area contributed by atoms with Gasteiger partial charge in [-0.2, -0.15) is 4.74 Å². The van der Waals surface area contributed by atoms with Crippen LogP contribution in [0, 0.1) is 5.21 Å². The molecule has 0 unspecified atom stereocenters. The molecular formula is C7H14N2O2. The lowest BCUT2D eigenvalue weighted by Crippen LogP contribution is -2.51. The molecular weight excluding hydrogens is 144 g/mol. The summed E-state index contributed by atoms with van der Waals surface area (Å²) in [4.78, 5) is 0. The SMILES string of the molecule is CC1=[N+]([O-])CN(O)C(C)(C)C1. The highest BCUT2D eigenvalue weighted by Gasteiger charge is 2.34. The van der Waals surface area contributed by atoms with E-state index in [1.807, 2.05) is 13.8 Å². The largest absolute Gasteiger partial charge is 0.623 e. The fourth-order valence-electron chi connectivity index (χ4n) is 1.24. The second-order valence-corrected chi connectivity index (χ2v) is 3.64. The summed E-state index contributed by atoms with van der Waals surface area (Å²) in [5.74, 6) is 0. The predicted molar refractivity (Wildman–Crippen MR) is 41.5 cm³/mol. The van der Waals surface area contributed by atoms with E-state index in [-0.39, 0.29) is 12.2 Å². The highest BCUT2D eigenvalue weighted by molar-refractivity contribution is 5.78. The van der Waals surface area contributed by atoms with Gasteiger partial charge in [-0.05, 0) is 13.8 Å². The Balaban J connectivity index is 2.84. The van der Waals surface area contributed by atoms with Crippen LogP contribution in [-0.4, -0.2) is 32.9 Å². The number of rotatable bonds is 0. The molecule has 0 amide bonds. The number of hydrogen-bond acceptors (Lipinski definition) is 3. The lowest BCUT2D eigenvalue weighted by molar-refractivity contribution is -0.526. The lowest BCUT2D eigenvalue weighted by atomic mass is 9.96. The third kappa shape index (κ3) is 1.52. The van der Waals surface area contributed by atoms with Crippen LogP contribution in [0.1, 0.15) is 27.2 Å². The van der Waals surface area contributed by atoms with Crippen molar-refractivity contribution in [1.82, 2.24) is 5.06 Å². The van der Waals surface area contributed by atoms with E-state index in [0.29, 0.717) is 6.42 Å². The lowest BCUT2D eigenvalue weighted by Gasteiger charge is -2.35. The molecule has 11 heavy (non-hydrogen) atoms. The minimum Gasteiger partial charge on any atom is -0.623 e. The van der Waals surface area contributed by atoms with Gasteiger partial charge in [-0.1, -0.05) is 0 Å². The van der Waals surface area contributed by atoms with Crippen molar-refractivity contribution in [2.45, 2.75) is 32.7 Å². The average Bonchev–Trinajstić information content (AvgIpc) is 1.83. The second kappa shape index (κ2) is 2.46. The van der Waals surface area contributed by atoms with Gasteiger partial charge in [0.25, 0.3) is 0 Å². The fourth-order valence-corrected chi connectivity index (χ4v) is 1.24. The first kappa shape index (κ1) is 8.49. The van der Waals surface area contributed by atoms with Gasteiger partial charge in [0.05, 0.1) is 5.54 Å². The van der Waals surface area contributed by atoms with Crippen LogP contribution in [0.15, 0.2) is 0 Å². The van der Waals surface area contributed by atoms with Crippen molar-refractivity contribution in [3.05, 3.63) is 5.21 Å². The normalized spacial score (nSPS) is 25.8. The number of nitrogens with zero attached hydrogens (tertiary/aromatic N) is 2. The molecule has 1 aliphatic heterocycles. The van der Waals surface area contributed by atoms with Crippen LogP contribution in [0.4, 0.5) is 0 Å². The predicted octanol–water partition coefficient (Wildman–Crippen LogP) is 0.789. The third-order valence-corrected chi connectivity index (χ3v) is 2.08. The van der Waals surface area contributed by atoms with Crippen LogP contribution in [0.3, 0.4) is 0 Å². The Bertz CT molecular complexity index is 199. The van der Waals surface area contributed by atoms with E-state index in [2.05, 4.69) is 0 Å². The molecule has 0 saturated heterocycles. The van der Waals surface area contributed by atoms with E-state index in [1.165, 1.54) is 0 Å². The molecule has 0 fully saturated rings. The van der Waals surface area contributed by atoms with Gasteiger partial charge in [0.15, 0.2) is 5.71 Å². The van der Waals surface area contributed by atoms with Gasteiger partial charge in [0.1, 0.15) is 0 Å². The molecule has 0 bridgehead atoms. The van der Waals surface area contributed by atoms with Crippen LogP contribution in [0.2, 0.25) is 0 Å². The second-order valence-electron chi connectivity index (χ2n) is 3.64. The van der Waals surface area contributed by atoms with Gasteiger partial charge >= 0.3 is 0 Å². The molecule has 0 spiro atoms. The molecule has 0 aliphatic carbocycles. The summed E-state index contributed by atoms with van der Waals surface area (Å²) in [6, 6.07) is 0. The highest BCUT2D eigenvalue weighted by Crippen LogP contribution is 2.20. The zero-order valence-corrected chi connectivity index (χ0v) is 7.16. The van der Waals surface area contributed by atoms with Crippen molar-refractivity contribution in [3.8, 4) is 0 Å². The molecule has 1 rings (SSSR count). The van der Waals surface area contributed by atoms with Crippen molar-refractivity contribution in [1.29, 1.82) is 0 Å². The number of hydrogen-bond donors (Lipinski definition) is 1. The minimum absolute atomic E-state index is 0.0544. The summed E-state index contributed by atoms with van der Waals surface area (Å²) in [5.41, 5.74) is 0.477. The molecule has 0 aromatic rings. The maximum absolute atomic E-state index is 11.0. The maximum Gasteiger partial charge on any atom is 0.231 e. The van der Waals surface area contributed by atoms with E-state index in [9.17, 15) is 10.4 Å². The van der Waals surface area contributed by atoms with E-state index < -0.39 is 0 Å². The number of hydroxylamine groups is 3. The summed E-state index contributed by atoms with van der Waals surface area (Å²) in [7, 11) is 0. The highest BCUT2D eigenvalue weighted by atomic mass is 16.5. The Hall–Kier alpha value is -0.610. The zero-order valence-electron chi connectivity index (χ0n) is 7.16. The molecule has 0 aromatic heterocycles. The van der Waals surface area contributed by atoms with Gasteiger partial charge in [0.2, 0.25) is 6.67 Å². The molecule has 1 aliphatic rings. The van der Waals surface area contributed by atoms with Crippen molar-refractivity contribution in [2.24, 2.45) is 0 Å². The summed E-state index contributed by atoms with van der Waals surface area (Å²) in [6.07, 6.45) is 0.618. The Kier molecular flexibility index (Phi) is 1.90. The van der Waals surface area contributed by atoms with Crippen molar-refractivity contribution >= 4 is 5.71 Å². The summed E-state index contributed by atoms with van der Waals surface area (Å²) >= 11 is 0. The molecule has 64 valence electrons. The van der Waals surface area contributed by atoms with Gasteiger partial charge in [0, 0.05) is 13.3 Å². The molecule has 0 saturated carbocycles. The van der Waals surface area contributed by atoms with E-state index >= 15 is 0 Å². The minimum atomic E-state index is -0.301. The Labute approximate surface area is 66.3 Å². The van der Waals surface area contributed by atoms with Crippen molar-refractivity contribution in [2.75, 3.05) is 6.67 Å². The van der Waals surface area contributed by atoms with Gasteiger partial charge in [-0.25, -0.2) is 0 Å². The molecule has 0 radical (unpaired) electrons. The van der Waals surface area contributed by atoms with Crippen LogP contribution < -0.4 is 0 Å². The van der Waals surface area contributed by atoms with Gasteiger partial charge in [-0.15, -0.1) is 5.06 Å². The molecule has 0 atom stereocenters. The van der Waals surface area contributed by atoms with E-state index in [0.717, 1.165) is 15.5 Å². The van der Waals surface area contributed by atoms with E-state index in [4.69, 9.17) is 0 Å². The Morgan fingerprint density at radius 1 is 1.64 bits per heavy atom. The first-order valence-electron chi connectivity index (χ1n) is 3.67. The summed E-state index contributed by atoms with van der Waals surface area (Å²) < 4.78 is 0.811. The van der Waals surface area contributed by atoms with Gasteiger partial charge < -0.3 is 10.4 Å². The summed E-state index contributed by atoms with van der Waals surface area (Å²) in [6.45, 7) is 5.66. The summed E-state index contributed by atoms with van der Waals surface area (Å²) in [5, 5.41) is 21.4. The monoisotopic (exact) mass is 158 g/mol. The average molecular weight is 158 g/mol. The first-order chi connectivity index (χ1) is 4.93. The smallest absolute Gasteiger partial charge is 0.231 e. The maximum atomic E-state index is 11.0. The van der Waals surface area contributed by atoms with Crippen LogP contribution in [0.25, 0.3) is 0 Å².